The first-order valence-corrected chi connectivity index (χ1v) is 4.97. The summed E-state index contributed by atoms with van der Waals surface area (Å²) >= 11 is 3.35. The molecule has 0 aliphatic rings. The Morgan fingerprint density at radius 2 is 2.29 bits per heavy atom. The van der Waals surface area contributed by atoms with Crippen molar-refractivity contribution in [3.63, 3.8) is 0 Å². The summed E-state index contributed by atoms with van der Waals surface area (Å²) in [5, 5.41) is 2.74. The molecule has 0 aliphatic heterocycles. The van der Waals surface area contributed by atoms with Gasteiger partial charge < -0.3 is 10.1 Å². The van der Waals surface area contributed by atoms with Crippen LogP contribution in [0.5, 0.6) is 0 Å². The lowest BCUT2D eigenvalue weighted by molar-refractivity contribution is -0.119. The summed E-state index contributed by atoms with van der Waals surface area (Å²) in [6.45, 7) is 2.04. The summed E-state index contributed by atoms with van der Waals surface area (Å²) in [6, 6.07) is 5.77. The molecule has 0 unspecified atom stereocenters. The van der Waals surface area contributed by atoms with Crippen molar-refractivity contribution in [3.05, 3.63) is 28.2 Å². The Morgan fingerprint density at radius 1 is 1.57 bits per heavy atom. The van der Waals surface area contributed by atoms with E-state index in [1.54, 1.807) is 0 Å². The number of anilines is 1. The van der Waals surface area contributed by atoms with Gasteiger partial charge in [0, 0.05) is 11.6 Å². The predicted molar refractivity (Wildman–Crippen MR) is 59.4 cm³/mol. The highest BCUT2D eigenvalue weighted by Gasteiger charge is 2.04. The fraction of sp³-hybridized carbons (Fsp3) is 0.300. The molecule has 0 atom stereocenters. The highest BCUT2D eigenvalue weighted by molar-refractivity contribution is 9.10. The van der Waals surface area contributed by atoms with Crippen molar-refractivity contribution in [2.45, 2.75) is 6.92 Å². The number of halogens is 1. The standard InChI is InChI=1S/C10H12BrNO2/c1-7-3-4-8(11)9(5-7)12-10(13)6-14-2/h3-5H,6H2,1-2H3,(H,12,13). The number of carbonyl (C=O) groups excluding carboxylic acids is 1. The molecule has 0 fully saturated rings. The van der Waals surface area contributed by atoms with Crippen LogP contribution in [0.3, 0.4) is 0 Å². The van der Waals surface area contributed by atoms with Crippen LogP contribution in [0.15, 0.2) is 22.7 Å². The van der Waals surface area contributed by atoms with E-state index in [-0.39, 0.29) is 12.5 Å². The molecular formula is C10H12BrNO2. The van der Waals surface area contributed by atoms with Gasteiger partial charge in [0.15, 0.2) is 0 Å². The molecule has 1 aromatic carbocycles. The fourth-order valence-electron chi connectivity index (χ4n) is 1.05. The van der Waals surface area contributed by atoms with Crippen LogP contribution in [0.4, 0.5) is 5.69 Å². The lowest BCUT2D eigenvalue weighted by atomic mass is 10.2. The number of benzene rings is 1. The molecular weight excluding hydrogens is 246 g/mol. The summed E-state index contributed by atoms with van der Waals surface area (Å²) in [6.07, 6.45) is 0. The van der Waals surface area contributed by atoms with Crippen LogP contribution in [0, 0.1) is 6.92 Å². The van der Waals surface area contributed by atoms with Crippen molar-refractivity contribution in [1.82, 2.24) is 0 Å². The molecule has 14 heavy (non-hydrogen) atoms. The molecule has 76 valence electrons. The van der Waals surface area contributed by atoms with Gasteiger partial charge in [0.05, 0.1) is 5.69 Å². The molecule has 0 spiro atoms. The molecule has 1 rings (SSSR count). The van der Waals surface area contributed by atoms with Gasteiger partial charge in [-0.25, -0.2) is 0 Å². The Morgan fingerprint density at radius 3 is 2.93 bits per heavy atom. The summed E-state index contributed by atoms with van der Waals surface area (Å²) < 4.78 is 5.59. The number of nitrogens with one attached hydrogen (secondary N) is 1. The van der Waals surface area contributed by atoms with Crippen LogP contribution in [0.2, 0.25) is 0 Å². The van der Waals surface area contributed by atoms with Gasteiger partial charge in [-0.2, -0.15) is 0 Å². The van der Waals surface area contributed by atoms with E-state index < -0.39 is 0 Å². The Bertz CT molecular complexity index is 339. The van der Waals surface area contributed by atoms with E-state index in [9.17, 15) is 4.79 Å². The first kappa shape index (κ1) is 11.2. The minimum atomic E-state index is -0.154. The third-order valence-electron chi connectivity index (χ3n) is 1.67. The van der Waals surface area contributed by atoms with Gasteiger partial charge in [0.25, 0.3) is 0 Å². The second-order valence-corrected chi connectivity index (χ2v) is 3.82. The third kappa shape index (κ3) is 3.12. The molecule has 0 heterocycles. The number of aryl methyl sites for hydroxylation is 1. The molecule has 3 nitrogen and oxygen atoms in total. The normalized spacial score (nSPS) is 9.93. The molecule has 0 saturated carbocycles. The van der Waals surface area contributed by atoms with Gasteiger partial charge >= 0.3 is 0 Å². The summed E-state index contributed by atoms with van der Waals surface area (Å²) in [5.41, 5.74) is 1.87. The molecule has 0 aromatic heterocycles. The van der Waals surface area contributed by atoms with Crippen molar-refractivity contribution in [3.8, 4) is 0 Å². The minimum Gasteiger partial charge on any atom is -0.375 e. The number of carbonyl (C=O) groups is 1. The minimum absolute atomic E-state index is 0.0698. The zero-order valence-electron chi connectivity index (χ0n) is 8.13. The molecule has 0 radical (unpaired) electrons. The lowest BCUT2D eigenvalue weighted by Gasteiger charge is -2.07. The molecule has 0 saturated heterocycles. The van der Waals surface area contributed by atoms with Crippen LogP contribution >= 0.6 is 15.9 Å². The predicted octanol–water partition coefficient (Wildman–Crippen LogP) is 2.34. The van der Waals surface area contributed by atoms with Crippen molar-refractivity contribution >= 4 is 27.5 Å². The highest BCUT2D eigenvalue weighted by atomic mass is 79.9. The molecule has 0 aliphatic carbocycles. The largest absolute Gasteiger partial charge is 0.375 e. The van der Waals surface area contributed by atoms with Gasteiger partial charge in [-0.15, -0.1) is 0 Å². The number of ether oxygens (including phenoxy) is 1. The van der Waals surface area contributed by atoms with E-state index >= 15 is 0 Å². The average molecular weight is 258 g/mol. The van der Waals surface area contributed by atoms with Crippen LogP contribution < -0.4 is 5.32 Å². The maximum absolute atomic E-state index is 11.2. The van der Waals surface area contributed by atoms with Crippen molar-refractivity contribution in [2.75, 3.05) is 19.0 Å². The van der Waals surface area contributed by atoms with Gasteiger partial charge in [-0.1, -0.05) is 6.07 Å². The number of amides is 1. The van der Waals surface area contributed by atoms with Crippen molar-refractivity contribution < 1.29 is 9.53 Å². The Kier molecular flexibility index (Phi) is 4.10. The monoisotopic (exact) mass is 257 g/mol. The van der Waals surface area contributed by atoms with E-state index in [2.05, 4.69) is 21.2 Å². The van der Waals surface area contributed by atoms with E-state index in [0.717, 1.165) is 15.7 Å². The summed E-state index contributed by atoms with van der Waals surface area (Å²) in [4.78, 5) is 11.2. The van der Waals surface area contributed by atoms with Crippen LogP contribution in [-0.2, 0) is 9.53 Å². The molecule has 0 bridgehead atoms. The molecule has 1 amide bonds. The first-order chi connectivity index (χ1) is 6.63. The zero-order valence-corrected chi connectivity index (χ0v) is 9.72. The first-order valence-electron chi connectivity index (χ1n) is 4.18. The highest BCUT2D eigenvalue weighted by Crippen LogP contribution is 2.23. The number of methoxy groups -OCH3 is 1. The van der Waals surface area contributed by atoms with Gasteiger partial charge in [0.1, 0.15) is 6.61 Å². The Hall–Kier alpha value is -0.870. The van der Waals surface area contributed by atoms with Crippen LogP contribution in [-0.4, -0.2) is 19.6 Å². The van der Waals surface area contributed by atoms with E-state index in [0.29, 0.717) is 0 Å². The van der Waals surface area contributed by atoms with Gasteiger partial charge in [-0.05, 0) is 40.5 Å². The maximum atomic E-state index is 11.2. The van der Waals surface area contributed by atoms with E-state index in [4.69, 9.17) is 4.74 Å². The average Bonchev–Trinajstić information content (AvgIpc) is 2.12. The zero-order chi connectivity index (χ0) is 10.6. The van der Waals surface area contributed by atoms with Gasteiger partial charge in [-0.3, -0.25) is 4.79 Å². The van der Waals surface area contributed by atoms with E-state index in [1.165, 1.54) is 7.11 Å². The van der Waals surface area contributed by atoms with Crippen molar-refractivity contribution in [1.29, 1.82) is 0 Å². The number of hydrogen-bond acceptors (Lipinski definition) is 2. The SMILES string of the molecule is COCC(=O)Nc1cc(C)ccc1Br. The quantitative estimate of drug-likeness (QED) is 0.903. The second kappa shape index (κ2) is 5.12. The maximum Gasteiger partial charge on any atom is 0.250 e. The van der Waals surface area contributed by atoms with Crippen LogP contribution in [0.1, 0.15) is 5.56 Å². The van der Waals surface area contributed by atoms with E-state index in [1.807, 2.05) is 25.1 Å². The third-order valence-corrected chi connectivity index (χ3v) is 2.36. The molecule has 1 aromatic rings. The fourth-order valence-corrected chi connectivity index (χ4v) is 1.40. The summed E-state index contributed by atoms with van der Waals surface area (Å²) in [5.74, 6) is -0.154. The number of rotatable bonds is 3. The Labute approximate surface area is 91.6 Å². The Balaban J connectivity index is 2.75. The smallest absolute Gasteiger partial charge is 0.250 e. The lowest BCUT2D eigenvalue weighted by Crippen LogP contribution is -2.17. The molecule has 4 heteroatoms. The van der Waals surface area contributed by atoms with Gasteiger partial charge in [0.2, 0.25) is 5.91 Å². The van der Waals surface area contributed by atoms with Crippen LogP contribution in [0.25, 0.3) is 0 Å². The topological polar surface area (TPSA) is 38.3 Å². The van der Waals surface area contributed by atoms with Crippen molar-refractivity contribution in [2.24, 2.45) is 0 Å². The second-order valence-electron chi connectivity index (χ2n) is 2.96. The summed E-state index contributed by atoms with van der Waals surface area (Å²) in [7, 11) is 1.49. The molecule has 1 N–H and O–H groups in total. The number of hydrogen-bond donors (Lipinski definition) is 1.